The molecule has 0 aromatic rings. The molecule has 0 heterocycles. The summed E-state index contributed by atoms with van der Waals surface area (Å²) in [4.78, 5) is 0. The number of thiol groups is 1. The second-order valence-electron chi connectivity index (χ2n) is 2.76. The van der Waals surface area contributed by atoms with Crippen LogP contribution < -0.4 is 0 Å². The maximum atomic E-state index is 10.1. The van der Waals surface area contributed by atoms with Crippen molar-refractivity contribution in [3.63, 3.8) is 0 Å². The zero-order valence-corrected chi connectivity index (χ0v) is 8.67. The van der Waals surface area contributed by atoms with Gasteiger partial charge >= 0.3 is 10.4 Å². The Morgan fingerprint density at radius 3 is 2.15 bits per heavy atom. The highest BCUT2D eigenvalue weighted by Gasteiger charge is 2.23. The molecule has 0 radical (unpaired) electrons. The van der Waals surface area contributed by atoms with E-state index in [1.165, 1.54) is 13.8 Å². The maximum absolute atomic E-state index is 10.1. The summed E-state index contributed by atoms with van der Waals surface area (Å²) in [7, 11) is -7.66. The summed E-state index contributed by atoms with van der Waals surface area (Å²) >= 11 is 0. The van der Waals surface area contributed by atoms with Gasteiger partial charge in [0.1, 0.15) is 5.60 Å². The van der Waals surface area contributed by atoms with Gasteiger partial charge in [-0.25, -0.2) is 12.6 Å². The van der Waals surface area contributed by atoms with Gasteiger partial charge in [-0.3, -0.25) is 8.74 Å². The van der Waals surface area contributed by atoms with Crippen LogP contribution >= 0.6 is 0 Å². The molecule has 13 heavy (non-hydrogen) atoms. The fourth-order valence-electron chi connectivity index (χ4n) is 0.445. The van der Waals surface area contributed by atoms with E-state index in [1.807, 2.05) is 0 Å². The number of rotatable bonds is 5. The lowest BCUT2D eigenvalue weighted by Gasteiger charge is -2.19. The van der Waals surface area contributed by atoms with Crippen molar-refractivity contribution < 1.29 is 29.8 Å². The molecule has 1 N–H and O–H groups in total. The summed E-state index contributed by atoms with van der Waals surface area (Å²) in [6.45, 7) is 2.00. The Balaban J connectivity index is 4.19. The van der Waals surface area contributed by atoms with Gasteiger partial charge in [-0.2, -0.15) is 8.42 Å². The Morgan fingerprint density at radius 2 is 1.85 bits per heavy atom. The minimum Gasteiger partial charge on any atom is -0.264 e. The van der Waals surface area contributed by atoms with E-state index < -0.39 is 33.6 Å². The SMILES string of the molecule is CC(C)(COS(=O)(=O)O)O[SH](=O)=O. The third-order valence-corrected chi connectivity index (χ3v) is 1.94. The Bertz CT molecular complexity index is 316. The van der Waals surface area contributed by atoms with Crippen LogP contribution in [0.5, 0.6) is 0 Å². The molecule has 0 atom stereocenters. The second-order valence-corrected chi connectivity index (χ2v) is 4.49. The van der Waals surface area contributed by atoms with E-state index >= 15 is 0 Å². The highest BCUT2D eigenvalue weighted by molar-refractivity contribution is 7.80. The smallest absolute Gasteiger partial charge is 0.264 e. The summed E-state index contributed by atoms with van der Waals surface area (Å²) in [6, 6.07) is 0. The highest BCUT2D eigenvalue weighted by Crippen LogP contribution is 2.10. The first-order valence-electron chi connectivity index (χ1n) is 3.08. The van der Waals surface area contributed by atoms with Crippen LogP contribution in [0.2, 0.25) is 0 Å². The van der Waals surface area contributed by atoms with Gasteiger partial charge in [-0.05, 0) is 13.8 Å². The molecule has 0 aliphatic carbocycles. The first-order valence-corrected chi connectivity index (χ1v) is 5.54. The maximum Gasteiger partial charge on any atom is 0.397 e. The van der Waals surface area contributed by atoms with E-state index in [9.17, 15) is 16.8 Å². The molecule has 0 rings (SSSR count). The van der Waals surface area contributed by atoms with Gasteiger partial charge in [-0.1, -0.05) is 0 Å². The molecule has 0 saturated carbocycles. The first kappa shape index (κ1) is 12.8. The molecule has 0 aromatic heterocycles. The molecule has 0 spiro atoms. The Hall–Kier alpha value is -0.220. The fraction of sp³-hybridized carbons (Fsp3) is 1.00. The standard InChI is InChI=1S/C4H10O7S2/c1-4(2,11-12(5)6)3-10-13(7,8)9/h12H,3H2,1-2H3,(H,7,8,9). The summed E-state index contributed by atoms with van der Waals surface area (Å²) in [5.74, 6) is 0. The van der Waals surface area contributed by atoms with E-state index in [1.54, 1.807) is 0 Å². The van der Waals surface area contributed by atoms with Gasteiger partial charge in [0.2, 0.25) is 0 Å². The summed E-state index contributed by atoms with van der Waals surface area (Å²) < 4.78 is 56.7. The Morgan fingerprint density at radius 1 is 1.38 bits per heavy atom. The minimum absolute atomic E-state index is 0.588. The van der Waals surface area contributed by atoms with Crippen molar-refractivity contribution in [1.82, 2.24) is 0 Å². The Kier molecular flexibility index (Phi) is 4.26. The normalized spacial score (nSPS) is 13.5. The van der Waals surface area contributed by atoms with Gasteiger partial charge in [0.05, 0.1) is 6.61 Å². The molecule has 0 aliphatic heterocycles. The van der Waals surface area contributed by atoms with Crippen molar-refractivity contribution in [2.75, 3.05) is 6.61 Å². The molecule has 9 heteroatoms. The molecule has 0 aromatic carbocycles. The molecule has 0 amide bonds. The second kappa shape index (κ2) is 4.33. The zero-order chi connectivity index (χ0) is 10.7. The molecular weight excluding hydrogens is 224 g/mol. The van der Waals surface area contributed by atoms with Crippen LogP contribution in [0, 0.1) is 0 Å². The van der Waals surface area contributed by atoms with Crippen molar-refractivity contribution in [2.24, 2.45) is 0 Å². The van der Waals surface area contributed by atoms with Gasteiger partial charge in [-0.15, -0.1) is 0 Å². The van der Waals surface area contributed by atoms with Crippen LogP contribution in [0.1, 0.15) is 13.8 Å². The third kappa shape index (κ3) is 8.12. The fourth-order valence-corrected chi connectivity index (χ4v) is 1.33. The monoisotopic (exact) mass is 234 g/mol. The van der Waals surface area contributed by atoms with Gasteiger partial charge in [0.15, 0.2) is 0 Å². The van der Waals surface area contributed by atoms with E-state index in [2.05, 4.69) is 8.37 Å². The molecule has 0 saturated heterocycles. The topological polar surface area (TPSA) is 107 Å². The molecule has 80 valence electrons. The number of hydrogen-bond donors (Lipinski definition) is 2. The summed E-state index contributed by atoms with van der Waals surface area (Å²) in [5.41, 5.74) is -1.33. The lowest BCUT2D eigenvalue weighted by atomic mass is 10.2. The van der Waals surface area contributed by atoms with Gasteiger partial charge in [0.25, 0.3) is 11.0 Å². The molecule has 7 nitrogen and oxygen atoms in total. The average Bonchev–Trinajstić information content (AvgIpc) is 1.79. The lowest BCUT2D eigenvalue weighted by molar-refractivity contribution is 0.0601. The van der Waals surface area contributed by atoms with Crippen LogP contribution in [0.15, 0.2) is 0 Å². The molecular formula is C4H10O7S2. The minimum atomic E-state index is -4.57. The third-order valence-electron chi connectivity index (χ3n) is 0.877. The summed E-state index contributed by atoms with van der Waals surface area (Å²) in [5, 5.41) is 0. The highest BCUT2D eigenvalue weighted by atomic mass is 32.3. The Labute approximate surface area is 77.8 Å². The zero-order valence-electron chi connectivity index (χ0n) is 6.96. The van der Waals surface area contributed by atoms with Crippen molar-refractivity contribution in [2.45, 2.75) is 19.4 Å². The van der Waals surface area contributed by atoms with Crippen molar-refractivity contribution in [3.05, 3.63) is 0 Å². The molecule has 0 unspecified atom stereocenters. The lowest BCUT2D eigenvalue weighted by Crippen LogP contribution is -2.31. The van der Waals surface area contributed by atoms with Crippen molar-refractivity contribution in [1.29, 1.82) is 0 Å². The predicted octanol–water partition coefficient (Wildman–Crippen LogP) is -0.873. The predicted molar refractivity (Wildman–Crippen MR) is 43.0 cm³/mol. The van der Waals surface area contributed by atoms with E-state index in [0.717, 1.165) is 0 Å². The number of hydrogen-bond acceptors (Lipinski definition) is 6. The largest absolute Gasteiger partial charge is 0.397 e. The van der Waals surface area contributed by atoms with E-state index in [4.69, 9.17) is 4.55 Å². The quantitative estimate of drug-likeness (QED) is 0.470. The average molecular weight is 234 g/mol. The van der Waals surface area contributed by atoms with Gasteiger partial charge < -0.3 is 0 Å². The van der Waals surface area contributed by atoms with Crippen molar-refractivity contribution >= 4 is 21.4 Å². The van der Waals surface area contributed by atoms with E-state index in [-0.39, 0.29) is 0 Å². The first-order chi connectivity index (χ1) is 5.62. The van der Waals surface area contributed by atoms with Crippen LogP contribution in [0.3, 0.4) is 0 Å². The molecule has 0 bridgehead atoms. The van der Waals surface area contributed by atoms with Crippen LogP contribution in [-0.4, -0.2) is 33.6 Å². The van der Waals surface area contributed by atoms with Crippen LogP contribution in [-0.2, 0) is 29.8 Å². The van der Waals surface area contributed by atoms with Crippen molar-refractivity contribution in [3.8, 4) is 0 Å². The molecule has 0 aliphatic rings. The van der Waals surface area contributed by atoms with Gasteiger partial charge in [0, 0.05) is 0 Å². The molecule has 0 fully saturated rings. The summed E-state index contributed by atoms with van der Waals surface area (Å²) in [6.07, 6.45) is 0. The van der Waals surface area contributed by atoms with Crippen LogP contribution in [0.25, 0.3) is 0 Å². The van der Waals surface area contributed by atoms with Crippen LogP contribution in [0.4, 0.5) is 0 Å². The van der Waals surface area contributed by atoms with E-state index in [0.29, 0.717) is 0 Å².